The lowest BCUT2D eigenvalue weighted by atomic mass is 10.3. The summed E-state index contributed by atoms with van der Waals surface area (Å²) in [5, 5.41) is 0. The van der Waals surface area contributed by atoms with E-state index in [1.807, 2.05) is 0 Å². The molecule has 0 aromatic heterocycles. The summed E-state index contributed by atoms with van der Waals surface area (Å²) < 4.78 is 30.3. The van der Waals surface area contributed by atoms with Crippen LogP contribution in [0.3, 0.4) is 0 Å². The van der Waals surface area contributed by atoms with Gasteiger partial charge in [0.25, 0.3) is 0 Å². The highest BCUT2D eigenvalue weighted by Crippen LogP contribution is 2.54. The maximum absolute atomic E-state index is 13.7. The van der Waals surface area contributed by atoms with Gasteiger partial charge in [-0.15, -0.1) is 0 Å². The first-order valence-electron chi connectivity index (χ1n) is 8.78. The topological polar surface area (TPSA) is 133 Å². The quantitative estimate of drug-likeness (QED) is 0.228. The molecule has 0 heterocycles. The van der Waals surface area contributed by atoms with Crippen molar-refractivity contribution in [3.05, 3.63) is 72.8 Å². The number of nitrogens with zero attached hydrogens (tertiary/aromatic N) is 3. The van der Waals surface area contributed by atoms with E-state index in [0.717, 1.165) is 0 Å². The Hall–Kier alpha value is -4.22. The molecular weight excluding hydrogens is 469 g/mol. The molecule has 0 aliphatic heterocycles. The van der Waals surface area contributed by atoms with E-state index < -0.39 is 7.82 Å². The molecule has 0 unspecified atom stereocenters. The number of aliphatic imine (C=N–C) groups is 3. The van der Waals surface area contributed by atoms with Gasteiger partial charge in [0.15, 0.2) is 17.2 Å². The molecule has 10 nitrogen and oxygen atoms in total. The Morgan fingerprint density at radius 2 is 0.818 bits per heavy atom. The minimum Gasteiger partial charge on any atom is -0.384 e. The number of hydrogen-bond acceptors (Lipinski definition) is 10. The summed E-state index contributed by atoms with van der Waals surface area (Å²) in [4.78, 5) is 42.7. The van der Waals surface area contributed by atoms with Gasteiger partial charge < -0.3 is 13.6 Å². The van der Waals surface area contributed by atoms with E-state index in [1.54, 1.807) is 36.4 Å². The number of phosphoric ester groups is 1. The van der Waals surface area contributed by atoms with Crippen LogP contribution in [0.2, 0.25) is 0 Å². The Morgan fingerprint density at radius 3 is 1.09 bits per heavy atom. The summed E-state index contributed by atoms with van der Waals surface area (Å²) in [5.74, 6) is -0.356. The smallest absolute Gasteiger partial charge is 0.384 e. The van der Waals surface area contributed by atoms with Crippen LogP contribution in [-0.2, 0) is 18.9 Å². The summed E-state index contributed by atoms with van der Waals surface area (Å²) in [5.41, 5.74) is 0.0231. The Kier molecular flexibility index (Phi) is 9.09. The largest absolute Gasteiger partial charge is 0.647 e. The fourth-order valence-electron chi connectivity index (χ4n) is 2.44. The van der Waals surface area contributed by atoms with Crippen molar-refractivity contribution in [2.45, 2.75) is 0 Å². The molecular formula is C21H14N3O7PS. The van der Waals surface area contributed by atoms with E-state index in [1.165, 1.54) is 54.6 Å². The number of isocyanates is 3. The van der Waals surface area contributed by atoms with Crippen molar-refractivity contribution in [1.29, 1.82) is 0 Å². The van der Waals surface area contributed by atoms with Gasteiger partial charge in [0.05, 0.1) is 0 Å². The van der Waals surface area contributed by atoms with Crippen molar-refractivity contribution in [2.24, 2.45) is 15.0 Å². The molecule has 0 saturated carbocycles. The van der Waals surface area contributed by atoms with Gasteiger partial charge in [0.1, 0.15) is 17.1 Å². The third kappa shape index (κ3) is 6.63. The molecule has 0 atom stereocenters. The molecule has 0 radical (unpaired) electrons. The summed E-state index contributed by atoms with van der Waals surface area (Å²) in [6.45, 7) is 0. The second kappa shape index (κ2) is 12.0. The zero-order chi connectivity index (χ0) is 22.8. The normalized spacial score (nSPS) is 11.2. The number of phosphoric acid groups is 1. The molecule has 0 aliphatic rings. The van der Waals surface area contributed by atoms with Crippen molar-refractivity contribution >= 4 is 56.6 Å². The van der Waals surface area contributed by atoms with Crippen LogP contribution in [0.4, 0.5) is 17.1 Å². The first kappa shape index (κ1) is 25.0. The molecule has 0 aliphatic carbocycles. The molecule has 0 bridgehead atoms. The van der Waals surface area contributed by atoms with E-state index in [0.29, 0.717) is 0 Å². The minimum absolute atomic E-state index is 0. The maximum atomic E-state index is 13.7. The predicted octanol–water partition coefficient (Wildman–Crippen LogP) is 5.35. The lowest BCUT2D eigenvalue weighted by Gasteiger charge is -2.20. The SMILES string of the molecule is O=C=Nc1ccccc1OP(=O)(Oc1ccccc1N=C=O)Oc1ccccc1N=C=O.S. The van der Waals surface area contributed by atoms with Crippen molar-refractivity contribution in [3.63, 3.8) is 0 Å². The molecule has 166 valence electrons. The molecule has 33 heavy (non-hydrogen) atoms. The van der Waals surface area contributed by atoms with E-state index in [4.69, 9.17) is 13.6 Å². The average Bonchev–Trinajstić information content (AvgIpc) is 2.78. The van der Waals surface area contributed by atoms with Gasteiger partial charge in [-0.25, -0.2) is 14.4 Å². The van der Waals surface area contributed by atoms with Gasteiger partial charge >= 0.3 is 7.82 Å². The molecule has 0 saturated heterocycles. The van der Waals surface area contributed by atoms with E-state index in [-0.39, 0.29) is 47.8 Å². The molecule has 12 heteroatoms. The highest BCUT2D eigenvalue weighted by molar-refractivity contribution is 7.59. The Balaban J connectivity index is 0.00000385. The summed E-state index contributed by atoms with van der Waals surface area (Å²) in [6.07, 6.45) is 4.11. The van der Waals surface area contributed by atoms with Crippen LogP contribution in [-0.4, -0.2) is 18.2 Å². The summed E-state index contributed by atoms with van der Waals surface area (Å²) >= 11 is 0. The lowest BCUT2D eigenvalue weighted by Crippen LogP contribution is -2.08. The van der Waals surface area contributed by atoms with E-state index >= 15 is 0 Å². The molecule has 0 amide bonds. The zero-order valence-electron chi connectivity index (χ0n) is 16.6. The first-order valence-corrected chi connectivity index (χ1v) is 10.2. The van der Waals surface area contributed by atoms with Crippen LogP contribution >= 0.6 is 21.3 Å². The highest BCUT2D eigenvalue weighted by atomic mass is 32.1. The number of para-hydroxylation sites is 6. The summed E-state index contributed by atoms with van der Waals surface area (Å²) in [7, 11) is -4.61. The van der Waals surface area contributed by atoms with Crippen LogP contribution in [0, 0.1) is 0 Å². The lowest BCUT2D eigenvalue weighted by molar-refractivity contribution is 0.299. The fraction of sp³-hybridized carbons (Fsp3) is 0. The van der Waals surface area contributed by atoms with Crippen LogP contribution in [0.1, 0.15) is 0 Å². The van der Waals surface area contributed by atoms with Gasteiger partial charge in [-0.1, -0.05) is 36.4 Å². The first-order chi connectivity index (χ1) is 15.6. The van der Waals surface area contributed by atoms with Crippen LogP contribution in [0.5, 0.6) is 17.2 Å². The molecule has 0 N–H and O–H groups in total. The Labute approximate surface area is 194 Å². The minimum atomic E-state index is -4.61. The molecule has 3 aromatic carbocycles. The van der Waals surface area contributed by atoms with Crippen LogP contribution in [0.25, 0.3) is 0 Å². The Bertz CT molecular complexity index is 1170. The summed E-state index contributed by atoms with van der Waals surface area (Å²) in [6, 6.07) is 17.7. The molecule has 3 rings (SSSR count). The number of rotatable bonds is 9. The van der Waals surface area contributed by atoms with Gasteiger partial charge in [-0.2, -0.15) is 33.0 Å². The highest BCUT2D eigenvalue weighted by Gasteiger charge is 2.35. The standard InChI is InChI=1S/C21H12N3O7P.H2S/c25-13-22-16-7-1-4-10-19(16)29-32(28,30-20-11-5-2-8-17(20)23-14-26)31-21-12-6-3-9-18(21)24-15-27;/h1-12H;1H2. The Morgan fingerprint density at radius 1 is 0.545 bits per heavy atom. The third-order valence-electron chi connectivity index (χ3n) is 3.72. The third-order valence-corrected chi connectivity index (χ3v) is 4.99. The molecule has 0 spiro atoms. The van der Waals surface area contributed by atoms with Crippen molar-refractivity contribution in [2.75, 3.05) is 0 Å². The van der Waals surface area contributed by atoms with Crippen molar-refractivity contribution in [3.8, 4) is 17.2 Å². The van der Waals surface area contributed by atoms with Gasteiger partial charge in [-0.3, -0.25) is 0 Å². The maximum Gasteiger partial charge on any atom is 0.647 e. The number of hydrogen-bond donors (Lipinski definition) is 0. The van der Waals surface area contributed by atoms with Crippen molar-refractivity contribution in [1.82, 2.24) is 0 Å². The second-order valence-electron chi connectivity index (χ2n) is 5.73. The van der Waals surface area contributed by atoms with Crippen LogP contribution < -0.4 is 13.6 Å². The fourth-order valence-corrected chi connectivity index (χ4v) is 3.74. The van der Waals surface area contributed by atoms with Gasteiger partial charge in [-0.05, 0) is 36.4 Å². The molecule has 3 aromatic rings. The number of benzene rings is 3. The van der Waals surface area contributed by atoms with Gasteiger partial charge in [0.2, 0.25) is 18.2 Å². The number of carbonyl (C=O) groups excluding carboxylic acids is 3. The zero-order valence-corrected chi connectivity index (χ0v) is 18.5. The monoisotopic (exact) mass is 483 g/mol. The molecule has 0 fully saturated rings. The van der Waals surface area contributed by atoms with Crippen LogP contribution in [0.15, 0.2) is 87.8 Å². The van der Waals surface area contributed by atoms with E-state index in [2.05, 4.69) is 15.0 Å². The predicted molar refractivity (Wildman–Crippen MR) is 123 cm³/mol. The van der Waals surface area contributed by atoms with Crippen molar-refractivity contribution < 1.29 is 32.5 Å². The van der Waals surface area contributed by atoms with Gasteiger partial charge in [0, 0.05) is 0 Å². The second-order valence-corrected chi connectivity index (χ2v) is 7.18. The van der Waals surface area contributed by atoms with E-state index in [9.17, 15) is 18.9 Å². The average molecular weight is 483 g/mol.